The van der Waals surface area contributed by atoms with E-state index in [-0.39, 0.29) is 13.2 Å². The maximum atomic E-state index is 12.5. The van der Waals surface area contributed by atoms with E-state index in [1.807, 2.05) is 0 Å². The van der Waals surface area contributed by atoms with Crippen molar-refractivity contribution in [3.63, 3.8) is 0 Å². The second-order valence-electron chi connectivity index (χ2n) is 8.96. The standard InChI is InChI=1S/C27H24N2O5/c1-15-11-29(27(32)28-26(15)31)21-14-33-22(12-30)25(21)34-13-19-8-7-18-6-5-16-3-2-4-17-9-10-20(19)24(18)23(16)17/h2-11,21-22,25,30H,12-14H2,1H3,(H,28,31,32)/t21?,22-,25-/m1/s1. The molecule has 0 bridgehead atoms. The minimum atomic E-state index is -0.566. The van der Waals surface area contributed by atoms with E-state index in [0.29, 0.717) is 12.2 Å². The van der Waals surface area contributed by atoms with Crippen LogP contribution < -0.4 is 11.2 Å². The van der Waals surface area contributed by atoms with Gasteiger partial charge in [-0.25, -0.2) is 4.79 Å². The average Bonchev–Trinajstić information content (AvgIpc) is 3.26. The molecule has 0 spiro atoms. The van der Waals surface area contributed by atoms with Gasteiger partial charge in [0.2, 0.25) is 0 Å². The summed E-state index contributed by atoms with van der Waals surface area (Å²) in [7, 11) is 0. The summed E-state index contributed by atoms with van der Waals surface area (Å²) in [5, 5.41) is 17.0. The van der Waals surface area contributed by atoms with Gasteiger partial charge in [-0.05, 0) is 44.8 Å². The summed E-state index contributed by atoms with van der Waals surface area (Å²) in [6.07, 6.45) is 0.414. The number of H-pyrrole nitrogens is 1. The minimum Gasteiger partial charge on any atom is -0.394 e. The maximum Gasteiger partial charge on any atom is 0.328 e. The first-order valence-electron chi connectivity index (χ1n) is 11.4. The molecule has 172 valence electrons. The number of aromatic nitrogens is 2. The average molecular weight is 456 g/mol. The van der Waals surface area contributed by atoms with Crippen molar-refractivity contribution < 1.29 is 14.6 Å². The van der Waals surface area contributed by atoms with Gasteiger partial charge in [0.15, 0.2) is 0 Å². The second kappa shape index (κ2) is 8.06. The lowest BCUT2D eigenvalue weighted by Gasteiger charge is -2.24. The molecule has 1 aliphatic heterocycles. The van der Waals surface area contributed by atoms with E-state index in [9.17, 15) is 14.7 Å². The SMILES string of the molecule is Cc1cn(C2CO[C@H](CO)[C@@H]2OCc2ccc3ccc4cccc5ccc2c3c45)c(=O)[nH]c1=O. The number of hydrogen-bond acceptors (Lipinski definition) is 5. The van der Waals surface area contributed by atoms with Crippen molar-refractivity contribution in [2.75, 3.05) is 13.2 Å². The summed E-state index contributed by atoms with van der Waals surface area (Å²) in [4.78, 5) is 26.7. The Morgan fingerprint density at radius 2 is 1.74 bits per heavy atom. The molecule has 0 radical (unpaired) electrons. The number of aromatic amines is 1. The Balaban J connectivity index is 1.38. The Kier molecular flexibility index (Phi) is 4.99. The summed E-state index contributed by atoms with van der Waals surface area (Å²) in [6.45, 7) is 1.93. The molecule has 4 aromatic carbocycles. The van der Waals surface area contributed by atoms with Crippen LogP contribution in [-0.2, 0) is 16.1 Å². The Bertz CT molecular complexity index is 1620. The first-order chi connectivity index (χ1) is 16.5. The number of nitrogens with one attached hydrogen (secondary N) is 1. The molecule has 3 atom stereocenters. The van der Waals surface area contributed by atoms with Crippen LogP contribution in [0.25, 0.3) is 32.3 Å². The molecule has 7 heteroatoms. The van der Waals surface area contributed by atoms with E-state index in [4.69, 9.17) is 9.47 Å². The topological polar surface area (TPSA) is 93.6 Å². The van der Waals surface area contributed by atoms with Gasteiger partial charge in [-0.2, -0.15) is 0 Å². The first-order valence-corrected chi connectivity index (χ1v) is 11.4. The zero-order valence-electron chi connectivity index (χ0n) is 18.7. The van der Waals surface area contributed by atoms with Crippen LogP contribution in [-0.4, -0.2) is 40.1 Å². The Morgan fingerprint density at radius 3 is 2.50 bits per heavy atom. The van der Waals surface area contributed by atoms with Crippen LogP contribution in [0.15, 0.2) is 70.4 Å². The van der Waals surface area contributed by atoms with Crippen molar-refractivity contribution in [2.24, 2.45) is 0 Å². The summed E-state index contributed by atoms with van der Waals surface area (Å²) in [5.41, 5.74) is 0.528. The number of rotatable bonds is 5. The van der Waals surface area contributed by atoms with Gasteiger partial charge in [-0.1, -0.05) is 54.6 Å². The van der Waals surface area contributed by atoms with Gasteiger partial charge in [0.25, 0.3) is 5.56 Å². The van der Waals surface area contributed by atoms with E-state index >= 15 is 0 Å². The first kappa shape index (κ1) is 21.0. The molecule has 2 heterocycles. The monoisotopic (exact) mass is 456 g/mol. The summed E-state index contributed by atoms with van der Waals surface area (Å²) in [5.74, 6) is 0. The van der Waals surface area contributed by atoms with Gasteiger partial charge in [0.1, 0.15) is 12.2 Å². The van der Waals surface area contributed by atoms with Crippen LogP contribution in [0, 0.1) is 6.92 Å². The molecule has 1 aliphatic rings. The number of nitrogens with zero attached hydrogens (tertiary/aromatic N) is 1. The lowest BCUT2D eigenvalue weighted by molar-refractivity contribution is -0.0457. The molecule has 6 rings (SSSR count). The fourth-order valence-corrected chi connectivity index (χ4v) is 5.21. The van der Waals surface area contributed by atoms with E-state index in [1.165, 1.54) is 37.7 Å². The van der Waals surface area contributed by atoms with Crippen molar-refractivity contribution in [3.8, 4) is 0 Å². The zero-order valence-corrected chi connectivity index (χ0v) is 18.7. The summed E-state index contributed by atoms with van der Waals surface area (Å²) in [6, 6.07) is 18.6. The molecule has 5 aromatic rings. The molecular formula is C27H24N2O5. The number of ether oxygens (including phenoxy) is 2. The molecule has 1 unspecified atom stereocenters. The van der Waals surface area contributed by atoms with Crippen LogP contribution in [0.3, 0.4) is 0 Å². The highest BCUT2D eigenvalue weighted by Crippen LogP contribution is 2.36. The van der Waals surface area contributed by atoms with Gasteiger partial charge in [-0.15, -0.1) is 0 Å². The second-order valence-corrected chi connectivity index (χ2v) is 8.96. The van der Waals surface area contributed by atoms with Crippen molar-refractivity contribution in [2.45, 2.75) is 31.8 Å². The normalized spacial score (nSPS) is 20.7. The van der Waals surface area contributed by atoms with Crippen LogP contribution in [0.4, 0.5) is 0 Å². The molecule has 2 N–H and O–H groups in total. The smallest absolute Gasteiger partial charge is 0.328 e. The van der Waals surface area contributed by atoms with Crippen molar-refractivity contribution in [3.05, 3.63) is 92.8 Å². The molecular weight excluding hydrogens is 432 g/mol. The van der Waals surface area contributed by atoms with Gasteiger partial charge in [0.05, 0.1) is 25.9 Å². The third-order valence-corrected chi connectivity index (χ3v) is 6.96. The number of hydrogen-bond donors (Lipinski definition) is 2. The highest BCUT2D eigenvalue weighted by Gasteiger charge is 2.39. The lowest BCUT2D eigenvalue weighted by Crippen LogP contribution is -2.40. The summed E-state index contributed by atoms with van der Waals surface area (Å²) < 4.78 is 13.5. The largest absolute Gasteiger partial charge is 0.394 e. The minimum absolute atomic E-state index is 0.208. The predicted molar refractivity (Wildman–Crippen MR) is 131 cm³/mol. The van der Waals surface area contributed by atoms with E-state index in [2.05, 4.69) is 59.6 Å². The van der Waals surface area contributed by atoms with Gasteiger partial charge in [0, 0.05) is 11.8 Å². The molecule has 0 saturated carbocycles. The van der Waals surface area contributed by atoms with E-state index < -0.39 is 29.5 Å². The molecule has 7 nitrogen and oxygen atoms in total. The lowest BCUT2D eigenvalue weighted by atomic mass is 9.92. The van der Waals surface area contributed by atoms with Crippen LogP contribution >= 0.6 is 0 Å². The van der Waals surface area contributed by atoms with Gasteiger partial charge >= 0.3 is 5.69 Å². The van der Waals surface area contributed by atoms with E-state index in [1.54, 1.807) is 6.92 Å². The van der Waals surface area contributed by atoms with Crippen LogP contribution in [0.1, 0.15) is 17.2 Å². The third kappa shape index (κ3) is 3.24. The number of aryl methyl sites for hydroxylation is 1. The molecule has 34 heavy (non-hydrogen) atoms. The quantitative estimate of drug-likeness (QED) is 0.396. The Hall–Kier alpha value is -3.52. The predicted octanol–water partition coefficient (Wildman–Crippen LogP) is 3.26. The van der Waals surface area contributed by atoms with Crippen molar-refractivity contribution in [1.82, 2.24) is 9.55 Å². The fraction of sp³-hybridized carbons (Fsp3) is 0.259. The van der Waals surface area contributed by atoms with Crippen LogP contribution in [0.2, 0.25) is 0 Å². The van der Waals surface area contributed by atoms with Gasteiger partial charge in [-0.3, -0.25) is 14.3 Å². The number of aliphatic hydroxyl groups excluding tert-OH is 1. The molecule has 0 aliphatic carbocycles. The zero-order chi connectivity index (χ0) is 23.4. The van der Waals surface area contributed by atoms with Gasteiger partial charge < -0.3 is 14.6 Å². The van der Waals surface area contributed by atoms with E-state index in [0.717, 1.165) is 10.9 Å². The Morgan fingerprint density at radius 1 is 1.03 bits per heavy atom. The highest BCUT2D eigenvalue weighted by atomic mass is 16.6. The number of benzene rings is 4. The number of aliphatic hydroxyl groups is 1. The molecule has 1 aromatic heterocycles. The third-order valence-electron chi connectivity index (χ3n) is 6.96. The Labute approximate surface area is 194 Å². The van der Waals surface area contributed by atoms with Crippen LogP contribution in [0.5, 0.6) is 0 Å². The van der Waals surface area contributed by atoms with Crippen molar-refractivity contribution in [1.29, 1.82) is 0 Å². The fourth-order valence-electron chi connectivity index (χ4n) is 5.21. The van der Waals surface area contributed by atoms with Crippen molar-refractivity contribution >= 4 is 32.3 Å². The molecule has 1 fully saturated rings. The summed E-state index contributed by atoms with van der Waals surface area (Å²) >= 11 is 0. The molecule has 0 amide bonds. The molecule has 1 saturated heterocycles. The maximum absolute atomic E-state index is 12.5. The highest BCUT2D eigenvalue weighted by molar-refractivity contribution is 6.23.